The molecule has 0 saturated carbocycles. The van der Waals surface area contributed by atoms with Crippen LogP contribution < -0.4 is 15.4 Å². The van der Waals surface area contributed by atoms with Gasteiger partial charge in [0.1, 0.15) is 11.6 Å². The summed E-state index contributed by atoms with van der Waals surface area (Å²) in [5.41, 5.74) is 1.83. The third-order valence-corrected chi connectivity index (χ3v) is 3.26. The predicted octanol–water partition coefficient (Wildman–Crippen LogP) is 2.22. The fourth-order valence-electron chi connectivity index (χ4n) is 1.58. The van der Waals surface area contributed by atoms with E-state index in [1.165, 1.54) is 11.3 Å². The molecule has 0 radical (unpaired) electrons. The minimum absolute atomic E-state index is 0.317. The smallest absolute Gasteiger partial charge is 0.161 e. The molecule has 0 aliphatic heterocycles. The maximum Gasteiger partial charge on any atom is 0.161 e. The Morgan fingerprint density at radius 1 is 1.22 bits per heavy atom. The number of nitrogens with two attached hydrogens (primary N) is 1. The number of thiazole rings is 1. The van der Waals surface area contributed by atoms with Crippen LogP contribution in [0.25, 0.3) is 11.3 Å². The van der Waals surface area contributed by atoms with Gasteiger partial charge < -0.3 is 9.47 Å². The fraction of sp³-hybridized carbons (Fsp3) is 0.250. The van der Waals surface area contributed by atoms with Gasteiger partial charge in [-0.25, -0.2) is 10.9 Å². The van der Waals surface area contributed by atoms with Crippen LogP contribution in [0.3, 0.4) is 0 Å². The monoisotopic (exact) mass is 266 g/mol. The van der Waals surface area contributed by atoms with E-state index < -0.39 is 0 Å². The number of ether oxygens (including phenoxy) is 2. The molecule has 0 spiro atoms. The lowest BCUT2D eigenvalue weighted by Crippen LogP contribution is -1.98. The number of hydrogen-bond donors (Lipinski definition) is 1. The first-order valence-corrected chi connectivity index (χ1v) is 6.15. The first-order valence-electron chi connectivity index (χ1n) is 5.27. The highest BCUT2D eigenvalue weighted by Crippen LogP contribution is 2.32. The molecule has 1 heterocycles. The van der Waals surface area contributed by atoms with E-state index in [0.717, 1.165) is 16.3 Å². The van der Waals surface area contributed by atoms with Gasteiger partial charge in [-0.3, -0.25) is 4.84 Å². The van der Waals surface area contributed by atoms with Gasteiger partial charge in [-0.1, -0.05) is 0 Å². The highest BCUT2D eigenvalue weighted by atomic mass is 32.1. The van der Waals surface area contributed by atoms with Crippen LogP contribution >= 0.6 is 11.3 Å². The topological polar surface area (TPSA) is 66.6 Å². The summed E-state index contributed by atoms with van der Waals surface area (Å²) >= 11 is 1.50. The van der Waals surface area contributed by atoms with E-state index >= 15 is 0 Å². The van der Waals surface area contributed by atoms with E-state index in [1.54, 1.807) is 14.2 Å². The second kappa shape index (κ2) is 5.81. The molecule has 2 N–H and O–H groups in total. The van der Waals surface area contributed by atoms with Crippen LogP contribution in [-0.2, 0) is 11.4 Å². The summed E-state index contributed by atoms with van der Waals surface area (Å²) in [5.74, 6) is 6.40. The summed E-state index contributed by atoms with van der Waals surface area (Å²) in [6.45, 7) is 0.317. The molecule has 5 nitrogen and oxygen atoms in total. The van der Waals surface area contributed by atoms with E-state index in [-0.39, 0.29) is 0 Å². The molecule has 18 heavy (non-hydrogen) atoms. The Bertz CT molecular complexity index is 528. The molecule has 0 saturated heterocycles. The van der Waals surface area contributed by atoms with Crippen molar-refractivity contribution in [3.05, 3.63) is 28.6 Å². The summed E-state index contributed by atoms with van der Waals surface area (Å²) in [6.07, 6.45) is 0. The SMILES string of the molecule is COc1ccc(-c2csc(CON)n2)cc1OC. The van der Waals surface area contributed by atoms with Gasteiger partial charge in [0, 0.05) is 10.9 Å². The largest absolute Gasteiger partial charge is 0.493 e. The van der Waals surface area contributed by atoms with E-state index in [1.807, 2.05) is 23.6 Å². The van der Waals surface area contributed by atoms with Gasteiger partial charge in [-0.05, 0) is 18.2 Å². The van der Waals surface area contributed by atoms with Crippen LogP contribution in [0.1, 0.15) is 5.01 Å². The zero-order chi connectivity index (χ0) is 13.0. The number of hydrogen-bond acceptors (Lipinski definition) is 6. The highest BCUT2D eigenvalue weighted by Gasteiger charge is 2.09. The van der Waals surface area contributed by atoms with Crippen LogP contribution in [0.4, 0.5) is 0 Å². The van der Waals surface area contributed by atoms with Crippen LogP contribution in [0.2, 0.25) is 0 Å². The van der Waals surface area contributed by atoms with Gasteiger partial charge in [-0.2, -0.15) is 0 Å². The second-order valence-electron chi connectivity index (χ2n) is 3.51. The number of rotatable bonds is 5. The quantitative estimate of drug-likeness (QED) is 0.840. The fourth-order valence-corrected chi connectivity index (χ4v) is 2.30. The summed E-state index contributed by atoms with van der Waals surface area (Å²) in [5, 5.41) is 2.79. The van der Waals surface area contributed by atoms with E-state index in [0.29, 0.717) is 18.1 Å². The van der Waals surface area contributed by atoms with Crippen LogP contribution in [0.5, 0.6) is 11.5 Å². The van der Waals surface area contributed by atoms with Gasteiger partial charge >= 0.3 is 0 Å². The van der Waals surface area contributed by atoms with Gasteiger partial charge in [0.15, 0.2) is 11.5 Å². The van der Waals surface area contributed by atoms with Gasteiger partial charge in [-0.15, -0.1) is 11.3 Å². The van der Waals surface area contributed by atoms with Crippen molar-refractivity contribution in [3.8, 4) is 22.8 Å². The molecule has 6 heteroatoms. The number of aromatic nitrogens is 1. The maximum atomic E-state index is 5.26. The highest BCUT2D eigenvalue weighted by molar-refractivity contribution is 7.09. The van der Waals surface area contributed by atoms with Crippen molar-refractivity contribution >= 4 is 11.3 Å². The van der Waals surface area contributed by atoms with Crippen LogP contribution in [0.15, 0.2) is 23.6 Å². The van der Waals surface area contributed by atoms with Gasteiger partial charge in [0.2, 0.25) is 0 Å². The molecule has 0 aliphatic carbocycles. The summed E-state index contributed by atoms with van der Waals surface area (Å²) in [6, 6.07) is 5.68. The Morgan fingerprint density at radius 3 is 2.67 bits per heavy atom. The first-order chi connectivity index (χ1) is 8.78. The molecule has 0 atom stereocenters. The van der Waals surface area contributed by atoms with Crippen LogP contribution in [-0.4, -0.2) is 19.2 Å². The minimum Gasteiger partial charge on any atom is -0.493 e. The summed E-state index contributed by atoms with van der Waals surface area (Å²) in [4.78, 5) is 8.98. The molecule has 0 unspecified atom stereocenters. The Morgan fingerprint density at radius 2 is 2.00 bits per heavy atom. The third-order valence-electron chi connectivity index (χ3n) is 2.44. The van der Waals surface area contributed by atoms with Crippen molar-refractivity contribution in [2.75, 3.05) is 14.2 Å². The van der Waals surface area contributed by atoms with Crippen molar-refractivity contribution in [2.45, 2.75) is 6.61 Å². The Labute approximate surface area is 109 Å². The van der Waals surface area contributed by atoms with Crippen molar-refractivity contribution in [1.29, 1.82) is 0 Å². The van der Waals surface area contributed by atoms with Gasteiger partial charge in [0.05, 0.1) is 19.9 Å². The standard InChI is InChI=1S/C12H14N2O3S/c1-15-10-4-3-8(5-11(10)16-2)9-7-18-12(14-9)6-17-13/h3-5,7H,6,13H2,1-2H3. The average Bonchev–Trinajstić information content (AvgIpc) is 2.87. The molecular weight excluding hydrogens is 252 g/mol. The maximum absolute atomic E-state index is 5.26. The van der Waals surface area contributed by atoms with E-state index in [9.17, 15) is 0 Å². The Kier molecular flexibility index (Phi) is 4.14. The minimum atomic E-state index is 0.317. The molecule has 96 valence electrons. The lowest BCUT2D eigenvalue weighted by Gasteiger charge is -2.08. The Hall–Kier alpha value is -1.63. The zero-order valence-corrected chi connectivity index (χ0v) is 11.0. The molecule has 0 bridgehead atoms. The first kappa shape index (κ1) is 12.8. The van der Waals surface area contributed by atoms with Crippen molar-refractivity contribution in [3.63, 3.8) is 0 Å². The molecule has 2 rings (SSSR count). The Balaban J connectivity index is 2.31. The molecule has 0 fully saturated rings. The molecule has 0 amide bonds. The summed E-state index contributed by atoms with van der Waals surface area (Å²) in [7, 11) is 3.22. The van der Waals surface area contributed by atoms with Gasteiger partial charge in [0.25, 0.3) is 0 Å². The number of methoxy groups -OCH3 is 2. The van der Waals surface area contributed by atoms with E-state index in [2.05, 4.69) is 9.82 Å². The third kappa shape index (κ3) is 2.61. The molecular formula is C12H14N2O3S. The molecule has 1 aromatic carbocycles. The number of benzene rings is 1. The van der Waals surface area contributed by atoms with Crippen LogP contribution in [0, 0.1) is 0 Å². The van der Waals surface area contributed by atoms with Crippen molar-refractivity contribution in [1.82, 2.24) is 4.98 Å². The molecule has 2 aromatic rings. The van der Waals surface area contributed by atoms with Crippen molar-refractivity contribution in [2.24, 2.45) is 5.90 Å². The molecule has 1 aromatic heterocycles. The predicted molar refractivity (Wildman–Crippen MR) is 69.6 cm³/mol. The van der Waals surface area contributed by atoms with Crippen molar-refractivity contribution < 1.29 is 14.3 Å². The molecule has 0 aliphatic rings. The normalized spacial score (nSPS) is 10.4. The lowest BCUT2D eigenvalue weighted by molar-refractivity contribution is 0.124. The second-order valence-corrected chi connectivity index (χ2v) is 4.45. The van der Waals surface area contributed by atoms with E-state index in [4.69, 9.17) is 15.4 Å². The number of nitrogens with zero attached hydrogens (tertiary/aromatic N) is 1. The summed E-state index contributed by atoms with van der Waals surface area (Å²) < 4.78 is 10.5. The lowest BCUT2D eigenvalue weighted by atomic mass is 10.1. The average molecular weight is 266 g/mol. The zero-order valence-electron chi connectivity index (χ0n) is 10.2.